The van der Waals surface area contributed by atoms with Gasteiger partial charge in [-0.3, -0.25) is 4.79 Å². The maximum atomic E-state index is 11.9. The number of thiol groups is 1. The summed E-state index contributed by atoms with van der Waals surface area (Å²) in [6, 6.07) is 0.367. The van der Waals surface area contributed by atoms with Crippen LogP contribution in [0.3, 0.4) is 0 Å². The summed E-state index contributed by atoms with van der Waals surface area (Å²) in [5, 5.41) is 3.60. The van der Waals surface area contributed by atoms with Crippen molar-refractivity contribution in [2.24, 2.45) is 5.92 Å². The maximum absolute atomic E-state index is 11.9. The van der Waals surface area contributed by atoms with Crippen LogP contribution < -0.4 is 5.32 Å². The molecule has 1 saturated carbocycles. The van der Waals surface area contributed by atoms with Gasteiger partial charge in [0.25, 0.3) is 0 Å². The summed E-state index contributed by atoms with van der Waals surface area (Å²) < 4.78 is 0. The van der Waals surface area contributed by atoms with Gasteiger partial charge >= 0.3 is 0 Å². The Kier molecular flexibility index (Phi) is 6.05. The van der Waals surface area contributed by atoms with Crippen LogP contribution >= 0.6 is 24.4 Å². The SMILES string of the molecule is CCSC1CCCC1NC(=O)C(S)C(C)C. The molecule has 94 valence electrons. The summed E-state index contributed by atoms with van der Waals surface area (Å²) in [7, 11) is 0. The Morgan fingerprint density at radius 1 is 1.50 bits per heavy atom. The van der Waals surface area contributed by atoms with E-state index in [1.54, 1.807) is 0 Å². The first-order valence-electron chi connectivity index (χ1n) is 6.16. The highest BCUT2D eigenvalue weighted by atomic mass is 32.2. The van der Waals surface area contributed by atoms with Crippen LogP contribution in [0.1, 0.15) is 40.0 Å². The molecule has 0 radical (unpaired) electrons. The van der Waals surface area contributed by atoms with E-state index in [4.69, 9.17) is 0 Å². The first kappa shape index (κ1) is 14.2. The first-order valence-corrected chi connectivity index (χ1v) is 7.72. The van der Waals surface area contributed by atoms with Crippen molar-refractivity contribution in [3.63, 3.8) is 0 Å². The van der Waals surface area contributed by atoms with E-state index in [1.165, 1.54) is 12.8 Å². The van der Waals surface area contributed by atoms with Crippen molar-refractivity contribution < 1.29 is 4.79 Å². The van der Waals surface area contributed by atoms with Crippen LogP contribution in [-0.4, -0.2) is 28.2 Å². The lowest BCUT2D eigenvalue weighted by molar-refractivity contribution is -0.121. The average Bonchev–Trinajstić information content (AvgIpc) is 2.65. The Balaban J connectivity index is 2.43. The second-order valence-electron chi connectivity index (χ2n) is 4.73. The highest BCUT2D eigenvalue weighted by Gasteiger charge is 2.30. The molecule has 3 atom stereocenters. The Hall–Kier alpha value is 0.170. The molecule has 1 fully saturated rings. The fraction of sp³-hybridized carbons (Fsp3) is 0.917. The molecule has 1 aliphatic rings. The Morgan fingerprint density at radius 2 is 2.19 bits per heavy atom. The zero-order valence-corrected chi connectivity index (χ0v) is 12.1. The molecule has 0 aromatic heterocycles. The van der Waals surface area contributed by atoms with E-state index in [0.717, 1.165) is 12.2 Å². The van der Waals surface area contributed by atoms with Gasteiger partial charge in [-0.05, 0) is 24.5 Å². The Morgan fingerprint density at radius 3 is 2.75 bits per heavy atom. The highest BCUT2D eigenvalue weighted by molar-refractivity contribution is 7.99. The normalized spacial score (nSPS) is 27.1. The molecule has 0 spiro atoms. The largest absolute Gasteiger partial charge is 0.351 e. The summed E-state index contributed by atoms with van der Waals surface area (Å²) in [5.41, 5.74) is 0. The minimum atomic E-state index is -0.173. The van der Waals surface area contributed by atoms with Crippen LogP contribution in [0.25, 0.3) is 0 Å². The molecule has 1 N–H and O–H groups in total. The van der Waals surface area contributed by atoms with Crippen LogP contribution in [0.15, 0.2) is 0 Å². The second-order valence-corrected chi connectivity index (χ2v) is 6.80. The molecule has 0 aromatic rings. The highest BCUT2D eigenvalue weighted by Crippen LogP contribution is 2.30. The second kappa shape index (κ2) is 6.80. The van der Waals surface area contributed by atoms with E-state index in [9.17, 15) is 4.79 Å². The third kappa shape index (κ3) is 3.88. The number of hydrogen-bond acceptors (Lipinski definition) is 3. The predicted molar refractivity (Wildman–Crippen MR) is 75.3 cm³/mol. The van der Waals surface area contributed by atoms with E-state index in [2.05, 4.69) is 24.9 Å². The molecule has 0 aromatic carbocycles. The van der Waals surface area contributed by atoms with Gasteiger partial charge < -0.3 is 5.32 Å². The fourth-order valence-electron chi connectivity index (χ4n) is 2.08. The molecular formula is C12H23NOS2. The van der Waals surface area contributed by atoms with E-state index in [1.807, 2.05) is 25.6 Å². The molecule has 4 heteroatoms. The van der Waals surface area contributed by atoms with Crippen molar-refractivity contribution in [2.45, 2.75) is 56.6 Å². The van der Waals surface area contributed by atoms with Crippen LogP contribution in [-0.2, 0) is 4.79 Å². The molecule has 0 bridgehead atoms. The van der Waals surface area contributed by atoms with Gasteiger partial charge in [-0.1, -0.05) is 27.2 Å². The van der Waals surface area contributed by atoms with Crippen molar-refractivity contribution in [1.29, 1.82) is 0 Å². The minimum absolute atomic E-state index is 0.104. The van der Waals surface area contributed by atoms with Crippen molar-refractivity contribution >= 4 is 30.3 Å². The summed E-state index contributed by atoms with van der Waals surface area (Å²) >= 11 is 6.32. The summed E-state index contributed by atoms with van der Waals surface area (Å²) in [4.78, 5) is 11.9. The molecule has 1 rings (SSSR count). The van der Waals surface area contributed by atoms with Crippen LogP contribution in [0.4, 0.5) is 0 Å². The first-order chi connectivity index (χ1) is 7.56. The molecule has 1 amide bonds. The molecular weight excluding hydrogens is 238 g/mol. The predicted octanol–water partition coefficient (Wildman–Crippen LogP) is 2.73. The lowest BCUT2D eigenvalue weighted by Crippen LogP contribution is -2.43. The van der Waals surface area contributed by atoms with Gasteiger partial charge in [-0.2, -0.15) is 24.4 Å². The number of thioether (sulfide) groups is 1. The van der Waals surface area contributed by atoms with Gasteiger partial charge in [0.1, 0.15) is 0 Å². The molecule has 0 heterocycles. The lowest BCUT2D eigenvalue weighted by Gasteiger charge is -2.23. The van der Waals surface area contributed by atoms with Crippen molar-refractivity contribution in [1.82, 2.24) is 5.32 Å². The van der Waals surface area contributed by atoms with E-state index >= 15 is 0 Å². The lowest BCUT2D eigenvalue weighted by atomic mass is 10.1. The third-order valence-electron chi connectivity index (χ3n) is 3.06. The van der Waals surface area contributed by atoms with E-state index in [-0.39, 0.29) is 11.2 Å². The number of hydrogen-bond donors (Lipinski definition) is 2. The van der Waals surface area contributed by atoms with Gasteiger partial charge in [0, 0.05) is 11.3 Å². The smallest absolute Gasteiger partial charge is 0.233 e. The molecule has 0 aliphatic heterocycles. The zero-order valence-electron chi connectivity index (χ0n) is 10.4. The molecule has 0 saturated heterocycles. The van der Waals surface area contributed by atoms with Crippen LogP contribution in [0.2, 0.25) is 0 Å². The molecule has 16 heavy (non-hydrogen) atoms. The van der Waals surface area contributed by atoms with Gasteiger partial charge in [0.15, 0.2) is 0 Å². The summed E-state index contributed by atoms with van der Waals surface area (Å²) in [6.07, 6.45) is 3.60. The Bertz CT molecular complexity index is 233. The van der Waals surface area contributed by atoms with Gasteiger partial charge in [-0.15, -0.1) is 0 Å². The molecule has 3 unspecified atom stereocenters. The maximum Gasteiger partial charge on any atom is 0.233 e. The van der Waals surface area contributed by atoms with Crippen LogP contribution in [0.5, 0.6) is 0 Å². The fourth-order valence-corrected chi connectivity index (χ4v) is 3.35. The third-order valence-corrected chi connectivity index (χ3v) is 5.22. The average molecular weight is 261 g/mol. The van der Waals surface area contributed by atoms with Crippen molar-refractivity contribution in [3.8, 4) is 0 Å². The quantitative estimate of drug-likeness (QED) is 0.745. The number of carbonyl (C=O) groups excluding carboxylic acids is 1. The van der Waals surface area contributed by atoms with E-state index < -0.39 is 0 Å². The number of amides is 1. The van der Waals surface area contributed by atoms with Crippen molar-refractivity contribution in [3.05, 3.63) is 0 Å². The van der Waals surface area contributed by atoms with Gasteiger partial charge in [0.05, 0.1) is 5.25 Å². The number of carbonyl (C=O) groups is 1. The molecule has 1 aliphatic carbocycles. The van der Waals surface area contributed by atoms with Crippen LogP contribution in [0, 0.1) is 5.92 Å². The van der Waals surface area contributed by atoms with Gasteiger partial charge in [-0.25, -0.2) is 0 Å². The Labute approximate surface area is 109 Å². The topological polar surface area (TPSA) is 29.1 Å². The van der Waals surface area contributed by atoms with Gasteiger partial charge in [0.2, 0.25) is 5.91 Å². The monoisotopic (exact) mass is 261 g/mol. The number of rotatable bonds is 5. The standard InChI is InChI=1S/C12H23NOS2/c1-4-16-10-7-5-6-9(10)13-12(14)11(15)8(2)3/h8-11,15H,4-7H2,1-3H3,(H,13,14). The summed E-state index contributed by atoms with van der Waals surface area (Å²) in [6.45, 7) is 6.24. The summed E-state index contributed by atoms with van der Waals surface area (Å²) in [5.74, 6) is 1.53. The number of nitrogens with one attached hydrogen (secondary N) is 1. The zero-order chi connectivity index (χ0) is 12.1. The molecule has 2 nitrogen and oxygen atoms in total. The minimum Gasteiger partial charge on any atom is -0.351 e. The van der Waals surface area contributed by atoms with Crippen molar-refractivity contribution in [2.75, 3.05) is 5.75 Å². The van der Waals surface area contributed by atoms with E-state index in [0.29, 0.717) is 17.2 Å².